The fourth-order valence-corrected chi connectivity index (χ4v) is 1.57. The number of alkyl halides is 1. The van der Waals surface area contributed by atoms with Crippen molar-refractivity contribution in [2.75, 3.05) is 5.33 Å². The second-order valence-electron chi connectivity index (χ2n) is 3.28. The highest BCUT2D eigenvalue weighted by molar-refractivity contribution is 9.09. The summed E-state index contributed by atoms with van der Waals surface area (Å²) in [6, 6.07) is 7.75. The number of Topliss-reactive ketones (excluding diaryl/α,β-unsaturated/α-hetero) is 1. The summed E-state index contributed by atoms with van der Waals surface area (Å²) in [4.78, 5) is 11.5. The molecule has 0 fully saturated rings. The lowest BCUT2D eigenvalue weighted by molar-refractivity contribution is 0.0988. The van der Waals surface area contributed by atoms with Gasteiger partial charge in [0.25, 0.3) is 0 Å². The highest BCUT2D eigenvalue weighted by Crippen LogP contribution is 2.09. The van der Waals surface area contributed by atoms with E-state index in [0.29, 0.717) is 6.42 Å². The normalized spacial score (nSPS) is 10.8. The summed E-state index contributed by atoms with van der Waals surface area (Å²) in [5.41, 5.74) is 1.90. The van der Waals surface area contributed by atoms with Crippen molar-refractivity contribution >= 4 is 27.8 Å². The molecule has 0 saturated heterocycles. The molecule has 0 aliphatic rings. The zero-order valence-corrected chi connectivity index (χ0v) is 10.5. The highest BCUT2D eigenvalue weighted by atomic mass is 79.9. The van der Waals surface area contributed by atoms with Crippen LogP contribution in [0.25, 0.3) is 6.08 Å². The lowest BCUT2D eigenvalue weighted by atomic mass is 10.1. The van der Waals surface area contributed by atoms with Crippen LogP contribution < -0.4 is 0 Å². The molecule has 80 valence electrons. The second-order valence-corrected chi connectivity index (χ2v) is 4.08. The van der Waals surface area contributed by atoms with E-state index in [-0.39, 0.29) is 5.78 Å². The van der Waals surface area contributed by atoms with E-state index in [4.69, 9.17) is 0 Å². The number of hydrogen-bond donors (Lipinski definition) is 0. The van der Waals surface area contributed by atoms with Gasteiger partial charge in [-0.1, -0.05) is 53.2 Å². The maximum atomic E-state index is 11.5. The first kappa shape index (κ1) is 12.2. The Morgan fingerprint density at radius 2 is 2.27 bits per heavy atom. The van der Waals surface area contributed by atoms with Crippen molar-refractivity contribution in [2.24, 2.45) is 0 Å². The van der Waals surface area contributed by atoms with Crippen molar-refractivity contribution in [1.29, 1.82) is 0 Å². The number of rotatable bonds is 5. The monoisotopic (exact) mass is 266 g/mol. The summed E-state index contributed by atoms with van der Waals surface area (Å²) in [7, 11) is 0. The first-order chi connectivity index (χ1) is 7.27. The molecule has 0 atom stereocenters. The molecule has 0 N–H and O–H groups in total. The van der Waals surface area contributed by atoms with Crippen molar-refractivity contribution in [1.82, 2.24) is 0 Å². The molecule has 0 radical (unpaired) electrons. The minimum Gasteiger partial charge on any atom is -0.294 e. The molecular weight excluding hydrogens is 252 g/mol. The Balaban J connectivity index is 2.78. The minimum absolute atomic E-state index is 0.200. The lowest BCUT2D eigenvalue weighted by Gasteiger charge is -1.99. The van der Waals surface area contributed by atoms with Crippen LogP contribution in [-0.4, -0.2) is 11.1 Å². The third kappa shape index (κ3) is 4.00. The molecule has 0 saturated carbocycles. The van der Waals surface area contributed by atoms with E-state index in [1.807, 2.05) is 37.3 Å². The van der Waals surface area contributed by atoms with E-state index < -0.39 is 0 Å². The van der Waals surface area contributed by atoms with Crippen LogP contribution in [-0.2, 0) is 0 Å². The van der Waals surface area contributed by atoms with Crippen LogP contribution in [0.15, 0.2) is 30.3 Å². The molecule has 1 aromatic carbocycles. The van der Waals surface area contributed by atoms with E-state index in [2.05, 4.69) is 22.0 Å². The van der Waals surface area contributed by atoms with Crippen LogP contribution in [0.4, 0.5) is 0 Å². The Hall–Kier alpha value is -0.890. The molecule has 0 spiro atoms. The van der Waals surface area contributed by atoms with E-state index in [0.717, 1.165) is 22.9 Å². The van der Waals surface area contributed by atoms with Gasteiger partial charge in [-0.05, 0) is 18.1 Å². The molecule has 0 unspecified atom stereocenters. The van der Waals surface area contributed by atoms with Gasteiger partial charge in [-0.25, -0.2) is 0 Å². The highest BCUT2D eigenvalue weighted by Gasteiger charge is 2.01. The van der Waals surface area contributed by atoms with Crippen molar-refractivity contribution in [2.45, 2.75) is 19.8 Å². The van der Waals surface area contributed by atoms with Gasteiger partial charge in [0.1, 0.15) is 0 Å². The average molecular weight is 267 g/mol. The van der Waals surface area contributed by atoms with Crippen molar-refractivity contribution < 1.29 is 4.79 Å². The Labute approximate surface area is 99.3 Å². The smallest absolute Gasteiger partial charge is 0.162 e. The number of carbonyl (C=O) groups is 1. The first-order valence-corrected chi connectivity index (χ1v) is 6.26. The van der Waals surface area contributed by atoms with Crippen LogP contribution >= 0.6 is 15.9 Å². The maximum absolute atomic E-state index is 11.5. The van der Waals surface area contributed by atoms with E-state index in [1.165, 1.54) is 0 Å². The quantitative estimate of drug-likeness (QED) is 0.580. The number of allylic oxidation sites excluding steroid dienone is 1. The number of hydrogen-bond acceptors (Lipinski definition) is 1. The Morgan fingerprint density at radius 3 is 2.93 bits per heavy atom. The molecule has 0 bridgehead atoms. The fourth-order valence-electron chi connectivity index (χ4n) is 1.30. The molecular formula is C13H15BrO. The van der Waals surface area contributed by atoms with Gasteiger partial charge in [0.15, 0.2) is 5.78 Å². The third-order valence-corrected chi connectivity index (χ3v) is 2.57. The molecule has 0 aliphatic carbocycles. The average Bonchev–Trinajstić information content (AvgIpc) is 2.29. The number of carbonyl (C=O) groups excluding carboxylic acids is 1. The Morgan fingerprint density at radius 1 is 1.47 bits per heavy atom. The molecule has 1 rings (SSSR count). The molecule has 0 aromatic heterocycles. The van der Waals surface area contributed by atoms with E-state index >= 15 is 0 Å². The predicted molar refractivity (Wildman–Crippen MR) is 68.5 cm³/mol. The molecule has 1 aromatic rings. The number of ketones is 1. The molecule has 2 heteroatoms. The van der Waals surface area contributed by atoms with Gasteiger partial charge in [-0.15, -0.1) is 0 Å². The number of halogens is 1. The van der Waals surface area contributed by atoms with Crippen LogP contribution in [0.3, 0.4) is 0 Å². The summed E-state index contributed by atoms with van der Waals surface area (Å²) in [6.45, 7) is 1.88. The Kier molecular flexibility index (Phi) is 5.33. The third-order valence-electron chi connectivity index (χ3n) is 2.12. The van der Waals surface area contributed by atoms with Gasteiger partial charge >= 0.3 is 0 Å². The molecule has 0 heterocycles. The van der Waals surface area contributed by atoms with Gasteiger partial charge in [-0.2, -0.15) is 0 Å². The van der Waals surface area contributed by atoms with Gasteiger partial charge in [0.05, 0.1) is 0 Å². The molecule has 0 amide bonds. The zero-order valence-electron chi connectivity index (χ0n) is 8.87. The lowest BCUT2D eigenvalue weighted by Crippen LogP contribution is -1.95. The van der Waals surface area contributed by atoms with E-state index in [1.54, 1.807) is 0 Å². The number of benzene rings is 1. The van der Waals surface area contributed by atoms with Crippen LogP contribution in [0.5, 0.6) is 0 Å². The molecule has 0 aliphatic heterocycles. The summed E-state index contributed by atoms with van der Waals surface area (Å²) in [5, 5.41) is 0.969. The predicted octanol–water partition coefficient (Wildman–Crippen LogP) is 4.08. The Bertz CT molecular complexity index is 355. The summed E-state index contributed by atoms with van der Waals surface area (Å²) in [6.07, 6.45) is 5.72. The standard InChI is InChI=1S/C13H15BrO/c1-2-13(15)12-8-5-7-11(10-12)6-3-4-9-14/h3,5-8,10H,2,4,9H2,1H3. The maximum Gasteiger partial charge on any atom is 0.162 e. The van der Waals surface area contributed by atoms with Gasteiger partial charge in [0.2, 0.25) is 0 Å². The van der Waals surface area contributed by atoms with Crippen molar-refractivity contribution in [3.63, 3.8) is 0 Å². The minimum atomic E-state index is 0.200. The van der Waals surface area contributed by atoms with Crippen LogP contribution in [0.1, 0.15) is 35.7 Å². The second kappa shape index (κ2) is 6.57. The van der Waals surface area contributed by atoms with Crippen molar-refractivity contribution in [3.8, 4) is 0 Å². The molecule has 15 heavy (non-hydrogen) atoms. The first-order valence-electron chi connectivity index (χ1n) is 5.13. The largest absolute Gasteiger partial charge is 0.294 e. The van der Waals surface area contributed by atoms with Crippen LogP contribution in [0.2, 0.25) is 0 Å². The SMILES string of the molecule is CCC(=O)c1cccc(C=CCCBr)c1. The zero-order chi connectivity index (χ0) is 11.1. The van der Waals surface area contributed by atoms with Crippen molar-refractivity contribution in [3.05, 3.63) is 41.5 Å². The summed E-state index contributed by atoms with van der Waals surface area (Å²) in [5.74, 6) is 0.200. The molecule has 1 nitrogen and oxygen atoms in total. The summed E-state index contributed by atoms with van der Waals surface area (Å²) < 4.78 is 0. The van der Waals surface area contributed by atoms with E-state index in [9.17, 15) is 4.79 Å². The van der Waals surface area contributed by atoms with Gasteiger partial charge in [-0.3, -0.25) is 4.79 Å². The van der Waals surface area contributed by atoms with Gasteiger partial charge < -0.3 is 0 Å². The van der Waals surface area contributed by atoms with Crippen LogP contribution in [0, 0.1) is 0 Å². The summed E-state index contributed by atoms with van der Waals surface area (Å²) >= 11 is 3.37. The fraction of sp³-hybridized carbons (Fsp3) is 0.308. The van der Waals surface area contributed by atoms with Gasteiger partial charge in [0, 0.05) is 17.3 Å². The topological polar surface area (TPSA) is 17.1 Å².